The molecule has 7 heteroatoms. The summed E-state index contributed by atoms with van der Waals surface area (Å²) in [5, 5.41) is 11.5. The second kappa shape index (κ2) is 5.98. The summed E-state index contributed by atoms with van der Waals surface area (Å²) in [6.07, 6.45) is 0.701. The van der Waals surface area contributed by atoms with E-state index >= 15 is 0 Å². The van der Waals surface area contributed by atoms with Gasteiger partial charge in [-0.3, -0.25) is 4.79 Å². The summed E-state index contributed by atoms with van der Waals surface area (Å²) >= 11 is 0. The highest BCUT2D eigenvalue weighted by Gasteiger charge is 2.35. The summed E-state index contributed by atoms with van der Waals surface area (Å²) in [6, 6.07) is 4.28. The predicted molar refractivity (Wildman–Crippen MR) is 68.7 cm³/mol. The van der Waals surface area contributed by atoms with Gasteiger partial charge in [0.05, 0.1) is 6.61 Å². The van der Waals surface area contributed by atoms with Crippen LogP contribution in [-0.2, 0) is 9.47 Å². The van der Waals surface area contributed by atoms with Crippen molar-refractivity contribution >= 4 is 11.9 Å². The van der Waals surface area contributed by atoms with E-state index in [0.29, 0.717) is 26.2 Å². The average molecular weight is 280 g/mol. The van der Waals surface area contributed by atoms with E-state index in [4.69, 9.17) is 14.6 Å². The Hall–Kier alpha value is -1.99. The number of rotatable bonds is 5. The van der Waals surface area contributed by atoms with Gasteiger partial charge in [0.15, 0.2) is 0 Å². The molecule has 2 heterocycles. The lowest BCUT2D eigenvalue weighted by molar-refractivity contribution is -0.0149. The van der Waals surface area contributed by atoms with Gasteiger partial charge in [0.25, 0.3) is 5.91 Å². The highest BCUT2D eigenvalue weighted by Crippen LogP contribution is 2.21. The van der Waals surface area contributed by atoms with E-state index in [2.05, 4.69) is 10.3 Å². The molecular formula is C13H16N2O5. The molecule has 1 aromatic rings. The number of carboxylic acids is 1. The Morgan fingerprint density at radius 3 is 2.85 bits per heavy atom. The van der Waals surface area contributed by atoms with Gasteiger partial charge in [0, 0.05) is 26.7 Å². The number of aromatic carboxylic acids is 1. The lowest BCUT2D eigenvalue weighted by Gasteiger charge is -2.25. The van der Waals surface area contributed by atoms with Crippen molar-refractivity contribution in [1.82, 2.24) is 10.3 Å². The molecular weight excluding hydrogens is 264 g/mol. The number of pyridine rings is 1. The van der Waals surface area contributed by atoms with Crippen molar-refractivity contribution in [2.24, 2.45) is 0 Å². The fourth-order valence-corrected chi connectivity index (χ4v) is 1.97. The Morgan fingerprint density at radius 2 is 2.25 bits per heavy atom. The van der Waals surface area contributed by atoms with E-state index in [1.165, 1.54) is 18.2 Å². The van der Waals surface area contributed by atoms with Crippen LogP contribution in [-0.4, -0.2) is 54.4 Å². The summed E-state index contributed by atoms with van der Waals surface area (Å²) in [6.45, 7) is 1.31. The molecule has 7 nitrogen and oxygen atoms in total. The van der Waals surface area contributed by atoms with Crippen LogP contribution in [0, 0.1) is 0 Å². The Labute approximate surface area is 115 Å². The predicted octanol–water partition coefficient (Wildman–Crippen LogP) is 0.315. The number of nitrogens with one attached hydrogen (secondary N) is 1. The Morgan fingerprint density at radius 1 is 1.50 bits per heavy atom. The van der Waals surface area contributed by atoms with E-state index in [-0.39, 0.29) is 11.4 Å². The van der Waals surface area contributed by atoms with Crippen LogP contribution in [0.1, 0.15) is 27.4 Å². The Balaban J connectivity index is 2.01. The van der Waals surface area contributed by atoms with Crippen molar-refractivity contribution in [2.75, 3.05) is 26.9 Å². The van der Waals surface area contributed by atoms with Gasteiger partial charge in [-0.2, -0.15) is 0 Å². The van der Waals surface area contributed by atoms with Gasteiger partial charge in [0.1, 0.15) is 17.0 Å². The first-order chi connectivity index (χ1) is 9.56. The molecule has 20 heavy (non-hydrogen) atoms. The molecule has 1 saturated heterocycles. The minimum Gasteiger partial charge on any atom is -0.477 e. The fourth-order valence-electron chi connectivity index (χ4n) is 1.97. The Kier molecular flexibility index (Phi) is 4.31. The maximum absolute atomic E-state index is 12.0. The van der Waals surface area contributed by atoms with Crippen LogP contribution in [0.15, 0.2) is 18.2 Å². The number of carbonyl (C=O) groups is 2. The minimum atomic E-state index is -1.17. The number of hydrogen-bond donors (Lipinski definition) is 2. The monoisotopic (exact) mass is 280 g/mol. The van der Waals surface area contributed by atoms with Crippen molar-refractivity contribution < 1.29 is 24.2 Å². The van der Waals surface area contributed by atoms with Crippen molar-refractivity contribution in [3.05, 3.63) is 29.6 Å². The van der Waals surface area contributed by atoms with E-state index < -0.39 is 17.5 Å². The first kappa shape index (κ1) is 14.4. The van der Waals surface area contributed by atoms with Crippen molar-refractivity contribution in [1.29, 1.82) is 0 Å². The van der Waals surface area contributed by atoms with E-state index in [0.717, 1.165) is 0 Å². The molecule has 2 rings (SSSR count). The SMILES string of the molecule is COC1(CNC(=O)c2cccc(C(=O)O)n2)CCOC1. The van der Waals surface area contributed by atoms with Crippen molar-refractivity contribution in [3.63, 3.8) is 0 Å². The fraction of sp³-hybridized carbons (Fsp3) is 0.462. The number of carbonyl (C=O) groups excluding carboxylic acids is 1. The maximum atomic E-state index is 12.0. The number of carboxylic acid groups (broad SMARTS) is 1. The topological polar surface area (TPSA) is 97.8 Å². The standard InChI is InChI=1S/C13H16N2O5/c1-19-13(5-6-20-8-13)7-14-11(16)9-3-2-4-10(15-9)12(17)18/h2-4H,5-8H2,1H3,(H,14,16)(H,17,18). The number of amides is 1. The summed E-state index contributed by atoms with van der Waals surface area (Å²) in [7, 11) is 1.57. The lowest BCUT2D eigenvalue weighted by atomic mass is 10.0. The van der Waals surface area contributed by atoms with Gasteiger partial charge < -0.3 is 19.9 Å². The molecule has 2 N–H and O–H groups in total. The minimum absolute atomic E-state index is 0.0649. The average Bonchev–Trinajstić information content (AvgIpc) is 2.94. The zero-order chi connectivity index (χ0) is 14.6. The molecule has 0 bridgehead atoms. The second-order valence-corrected chi connectivity index (χ2v) is 4.59. The molecule has 1 aliphatic rings. The smallest absolute Gasteiger partial charge is 0.354 e. The molecule has 0 saturated carbocycles. The number of nitrogens with zero attached hydrogens (tertiary/aromatic N) is 1. The van der Waals surface area contributed by atoms with Gasteiger partial charge in [-0.1, -0.05) is 6.07 Å². The zero-order valence-corrected chi connectivity index (χ0v) is 11.1. The number of ether oxygens (including phenoxy) is 2. The quantitative estimate of drug-likeness (QED) is 0.806. The van der Waals surface area contributed by atoms with Crippen LogP contribution in [0.4, 0.5) is 0 Å². The number of aromatic nitrogens is 1. The molecule has 1 amide bonds. The van der Waals surface area contributed by atoms with Gasteiger partial charge in [-0.25, -0.2) is 9.78 Å². The third-order valence-electron chi connectivity index (χ3n) is 3.27. The van der Waals surface area contributed by atoms with Crippen LogP contribution < -0.4 is 5.32 Å². The van der Waals surface area contributed by atoms with Crippen molar-refractivity contribution in [3.8, 4) is 0 Å². The van der Waals surface area contributed by atoms with Crippen LogP contribution in [0.2, 0.25) is 0 Å². The third kappa shape index (κ3) is 3.12. The molecule has 0 spiro atoms. The summed E-state index contributed by atoms with van der Waals surface area (Å²) < 4.78 is 10.7. The van der Waals surface area contributed by atoms with Gasteiger partial charge in [-0.15, -0.1) is 0 Å². The first-order valence-electron chi connectivity index (χ1n) is 6.18. The summed E-state index contributed by atoms with van der Waals surface area (Å²) in [4.78, 5) is 26.6. The summed E-state index contributed by atoms with van der Waals surface area (Å²) in [5.74, 6) is -1.60. The largest absolute Gasteiger partial charge is 0.477 e. The number of methoxy groups -OCH3 is 1. The molecule has 1 aliphatic heterocycles. The lowest BCUT2D eigenvalue weighted by Crippen LogP contribution is -2.45. The van der Waals surface area contributed by atoms with Crippen molar-refractivity contribution in [2.45, 2.75) is 12.0 Å². The van der Waals surface area contributed by atoms with E-state index in [1.54, 1.807) is 7.11 Å². The van der Waals surface area contributed by atoms with Crippen LogP contribution in [0.3, 0.4) is 0 Å². The van der Waals surface area contributed by atoms with Crippen LogP contribution in [0.25, 0.3) is 0 Å². The molecule has 0 aromatic carbocycles. The Bertz CT molecular complexity index is 511. The molecule has 0 aliphatic carbocycles. The maximum Gasteiger partial charge on any atom is 0.354 e. The molecule has 1 atom stereocenters. The highest BCUT2D eigenvalue weighted by molar-refractivity contribution is 5.94. The zero-order valence-electron chi connectivity index (χ0n) is 11.1. The summed E-state index contributed by atoms with van der Waals surface area (Å²) in [5.41, 5.74) is -0.613. The molecule has 1 unspecified atom stereocenters. The normalized spacial score (nSPS) is 21.6. The van der Waals surface area contributed by atoms with Crippen LogP contribution in [0.5, 0.6) is 0 Å². The highest BCUT2D eigenvalue weighted by atomic mass is 16.5. The molecule has 1 aromatic heterocycles. The van der Waals surface area contributed by atoms with E-state index in [9.17, 15) is 9.59 Å². The molecule has 1 fully saturated rings. The van der Waals surface area contributed by atoms with Gasteiger partial charge in [0.2, 0.25) is 0 Å². The van der Waals surface area contributed by atoms with E-state index in [1.807, 2.05) is 0 Å². The number of hydrogen-bond acceptors (Lipinski definition) is 5. The molecule has 0 radical (unpaired) electrons. The second-order valence-electron chi connectivity index (χ2n) is 4.59. The van der Waals surface area contributed by atoms with Gasteiger partial charge >= 0.3 is 5.97 Å². The van der Waals surface area contributed by atoms with Crippen LogP contribution >= 0.6 is 0 Å². The third-order valence-corrected chi connectivity index (χ3v) is 3.27. The van der Waals surface area contributed by atoms with Gasteiger partial charge in [-0.05, 0) is 12.1 Å². The molecule has 108 valence electrons. The first-order valence-corrected chi connectivity index (χ1v) is 6.18.